The van der Waals surface area contributed by atoms with Gasteiger partial charge in [-0.05, 0) is 103 Å². The van der Waals surface area contributed by atoms with Gasteiger partial charge >= 0.3 is 0 Å². The van der Waals surface area contributed by atoms with E-state index < -0.39 is 5.60 Å². The number of fused-ring (bicyclic) bond motifs is 5. The molecule has 0 radical (unpaired) electrons. The third-order valence-corrected chi connectivity index (χ3v) is 10.6. The van der Waals surface area contributed by atoms with Gasteiger partial charge in [0, 0.05) is 24.2 Å². The third-order valence-electron chi connectivity index (χ3n) is 10.6. The Kier molecular flexibility index (Phi) is 6.20. The molecule has 2 aromatic carbocycles. The van der Waals surface area contributed by atoms with Crippen LogP contribution in [0.1, 0.15) is 83.1 Å². The average molecular weight is 535 g/mol. The molecular formula is C36H38O4. The van der Waals surface area contributed by atoms with E-state index >= 15 is 0 Å². The van der Waals surface area contributed by atoms with Gasteiger partial charge in [-0.25, -0.2) is 0 Å². The molecule has 0 saturated heterocycles. The SMILES string of the molecule is CCCC#C[C@]1(O)CC[C@H]2[C@@H]3CCC4=CC(=O)CCC4=C3[C@@H](c3ccc(-c4ccc5c(c4)OCO5)cc3)C[C@@]21C. The molecule has 206 valence electrons. The van der Waals surface area contributed by atoms with E-state index in [-0.39, 0.29) is 23.9 Å². The van der Waals surface area contributed by atoms with Crippen molar-refractivity contribution in [3.63, 3.8) is 0 Å². The molecule has 2 fully saturated rings. The van der Waals surface area contributed by atoms with E-state index in [0.29, 0.717) is 18.3 Å². The van der Waals surface area contributed by atoms with Crippen LogP contribution in [-0.4, -0.2) is 23.3 Å². The van der Waals surface area contributed by atoms with Crippen LogP contribution in [0.25, 0.3) is 11.1 Å². The summed E-state index contributed by atoms with van der Waals surface area (Å²) in [5.74, 6) is 9.62. The van der Waals surface area contributed by atoms with E-state index in [4.69, 9.17) is 9.47 Å². The first kappa shape index (κ1) is 25.7. The Morgan fingerprint density at radius 3 is 2.62 bits per heavy atom. The van der Waals surface area contributed by atoms with Gasteiger partial charge < -0.3 is 14.6 Å². The van der Waals surface area contributed by atoms with Crippen molar-refractivity contribution in [3.8, 4) is 34.5 Å². The lowest BCUT2D eigenvalue weighted by Gasteiger charge is -2.53. The number of benzene rings is 2. The van der Waals surface area contributed by atoms with Crippen molar-refractivity contribution in [1.82, 2.24) is 0 Å². The zero-order valence-corrected chi connectivity index (χ0v) is 23.6. The Bertz CT molecular complexity index is 1480. The average Bonchev–Trinajstić information content (AvgIpc) is 3.54. The zero-order valence-electron chi connectivity index (χ0n) is 23.6. The molecule has 1 aliphatic heterocycles. The minimum absolute atomic E-state index is 0.210. The van der Waals surface area contributed by atoms with E-state index in [1.54, 1.807) is 5.57 Å². The summed E-state index contributed by atoms with van der Waals surface area (Å²) < 4.78 is 11.1. The van der Waals surface area contributed by atoms with Crippen LogP contribution in [-0.2, 0) is 4.79 Å². The van der Waals surface area contributed by atoms with E-state index in [0.717, 1.165) is 74.0 Å². The molecule has 4 heteroatoms. The Labute approximate surface area is 237 Å². The fraction of sp³-hybridized carbons (Fsp3) is 0.472. The lowest BCUT2D eigenvalue weighted by atomic mass is 9.51. The second-order valence-corrected chi connectivity index (χ2v) is 12.6. The number of hydrogen-bond donors (Lipinski definition) is 1. The highest BCUT2D eigenvalue weighted by Crippen LogP contribution is 2.66. The van der Waals surface area contributed by atoms with Crippen molar-refractivity contribution >= 4 is 5.78 Å². The molecule has 7 rings (SSSR count). The number of ketones is 1. The minimum atomic E-state index is -0.952. The molecule has 1 heterocycles. The van der Waals surface area contributed by atoms with Gasteiger partial charge in [-0.1, -0.05) is 55.7 Å². The molecule has 0 aromatic heterocycles. The van der Waals surface area contributed by atoms with Crippen LogP contribution in [0, 0.1) is 29.1 Å². The van der Waals surface area contributed by atoms with Crippen LogP contribution in [0.5, 0.6) is 11.5 Å². The topological polar surface area (TPSA) is 55.8 Å². The number of rotatable bonds is 3. The molecule has 0 amide bonds. The van der Waals surface area contributed by atoms with Gasteiger partial charge in [0.2, 0.25) is 6.79 Å². The Morgan fingerprint density at radius 2 is 1.80 bits per heavy atom. The first-order valence-corrected chi connectivity index (χ1v) is 15.1. The summed E-state index contributed by atoms with van der Waals surface area (Å²) in [5, 5.41) is 12.1. The van der Waals surface area contributed by atoms with Crippen LogP contribution < -0.4 is 9.47 Å². The van der Waals surface area contributed by atoms with Gasteiger partial charge in [0.25, 0.3) is 0 Å². The first-order chi connectivity index (χ1) is 19.4. The highest BCUT2D eigenvalue weighted by atomic mass is 16.7. The van der Waals surface area contributed by atoms with Gasteiger partial charge in [0.15, 0.2) is 17.3 Å². The number of carbonyl (C=O) groups excluding carboxylic acids is 1. The fourth-order valence-electron chi connectivity index (χ4n) is 8.49. The van der Waals surface area contributed by atoms with Gasteiger partial charge in [-0.15, -0.1) is 5.92 Å². The van der Waals surface area contributed by atoms with Crippen LogP contribution >= 0.6 is 0 Å². The number of carbonyl (C=O) groups is 1. The fourth-order valence-corrected chi connectivity index (χ4v) is 8.49. The molecule has 5 aliphatic rings. The lowest BCUT2D eigenvalue weighted by molar-refractivity contribution is -0.114. The van der Waals surface area contributed by atoms with Gasteiger partial charge in [0.1, 0.15) is 5.60 Å². The summed E-state index contributed by atoms with van der Waals surface area (Å²) in [6, 6.07) is 15.1. The van der Waals surface area contributed by atoms with E-state index in [1.807, 2.05) is 12.1 Å². The van der Waals surface area contributed by atoms with Gasteiger partial charge in [-0.2, -0.15) is 0 Å². The summed E-state index contributed by atoms with van der Waals surface area (Å²) in [6.45, 7) is 4.73. The quantitative estimate of drug-likeness (QED) is 0.414. The lowest BCUT2D eigenvalue weighted by Crippen LogP contribution is -2.51. The summed E-state index contributed by atoms with van der Waals surface area (Å²) in [5.41, 5.74) is 6.59. The van der Waals surface area contributed by atoms with E-state index in [9.17, 15) is 9.90 Å². The zero-order chi connectivity index (χ0) is 27.5. The second kappa shape index (κ2) is 9.67. The van der Waals surface area contributed by atoms with Crippen LogP contribution in [0.15, 0.2) is 65.3 Å². The van der Waals surface area contributed by atoms with Gasteiger partial charge in [-0.3, -0.25) is 4.79 Å². The normalized spacial score (nSPS) is 32.0. The molecule has 0 unspecified atom stereocenters. The Hall–Kier alpha value is -3.29. The minimum Gasteiger partial charge on any atom is -0.454 e. The summed E-state index contributed by atoms with van der Waals surface area (Å²) >= 11 is 0. The van der Waals surface area contributed by atoms with Crippen molar-refractivity contribution in [2.45, 2.75) is 83.2 Å². The second-order valence-electron chi connectivity index (χ2n) is 12.6. The van der Waals surface area contributed by atoms with Crippen LogP contribution in [0.2, 0.25) is 0 Å². The molecule has 4 aliphatic carbocycles. The number of unbranched alkanes of at least 4 members (excludes halogenated alkanes) is 1. The Morgan fingerprint density at radius 1 is 1.00 bits per heavy atom. The van der Waals surface area contributed by atoms with Crippen LogP contribution in [0.4, 0.5) is 0 Å². The number of ether oxygens (including phenoxy) is 2. The third kappa shape index (κ3) is 3.97. The summed E-state index contributed by atoms with van der Waals surface area (Å²) in [4.78, 5) is 12.4. The maximum Gasteiger partial charge on any atom is 0.231 e. The van der Waals surface area contributed by atoms with Crippen molar-refractivity contribution in [1.29, 1.82) is 0 Å². The van der Waals surface area contributed by atoms with E-state index in [2.05, 4.69) is 62.1 Å². The van der Waals surface area contributed by atoms with Crippen molar-refractivity contribution in [3.05, 3.63) is 70.8 Å². The van der Waals surface area contributed by atoms with Crippen molar-refractivity contribution in [2.75, 3.05) is 6.79 Å². The number of hydrogen-bond acceptors (Lipinski definition) is 4. The van der Waals surface area contributed by atoms with Gasteiger partial charge in [0.05, 0.1) is 0 Å². The van der Waals surface area contributed by atoms with Crippen LogP contribution in [0.3, 0.4) is 0 Å². The van der Waals surface area contributed by atoms with Crippen molar-refractivity contribution < 1.29 is 19.4 Å². The number of allylic oxidation sites excluding steroid dienone is 4. The summed E-state index contributed by atoms with van der Waals surface area (Å²) in [6.07, 6.45) is 9.91. The maximum atomic E-state index is 12.4. The highest BCUT2D eigenvalue weighted by molar-refractivity contribution is 5.93. The predicted molar refractivity (Wildman–Crippen MR) is 156 cm³/mol. The monoisotopic (exact) mass is 534 g/mol. The molecule has 2 saturated carbocycles. The molecule has 0 spiro atoms. The standard InChI is InChI=1S/C36H38O4/c1-3-4-5-17-36(38)18-16-31-29-13-10-26-19-27(37)12-14-28(26)34(29)30(21-35(31,36)2)24-8-6-23(7-9-24)25-11-15-32-33(20-25)40-22-39-32/h6-9,11,15,19-20,29-31,38H,3-4,10,12-14,16,18,21-22H2,1-2H3/t29-,30+,31-,35-,36-/m0/s1. The highest BCUT2D eigenvalue weighted by Gasteiger charge is 2.62. The molecular weight excluding hydrogens is 496 g/mol. The molecule has 40 heavy (non-hydrogen) atoms. The van der Waals surface area contributed by atoms with Crippen molar-refractivity contribution in [2.24, 2.45) is 17.3 Å². The smallest absolute Gasteiger partial charge is 0.231 e. The maximum absolute atomic E-state index is 12.4. The largest absolute Gasteiger partial charge is 0.454 e. The van der Waals surface area contributed by atoms with E-state index in [1.165, 1.54) is 16.7 Å². The molecule has 0 bridgehead atoms. The number of aliphatic hydroxyl groups is 1. The molecule has 5 atom stereocenters. The summed E-state index contributed by atoms with van der Waals surface area (Å²) in [7, 11) is 0. The predicted octanol–water partition coefficient (Wildman–Crippen LogP) is 7.52. The molecule has 1 N–H and O–H groups in total. The first-order valence-electron chi connectivity index (χ1n) is 15.1. The Balaban J connectivity index is 1.31. The molecule has 2 aromatic rings. The molecule has 4 nitrogen and oxygen atoms in total.